The molecule has 160 valence electrons. The summed E-state index contributed by atoms with van der Waals surface area (Å²) in [5.74, 6) is -0.644. The van der Waals surface area contributed by atoms with Gasteiger partial charge in [-0.05, 0) is 28.9 Å². The summed E-state index contributed by atoms with van der Waals surface area (Å²) < 4.78 is 11.1. The van der Waals surface area contributed by atoms with Crippen molar-refractivity contribution in [2.24, 2.45) is 0 Å². The normalized spacial score (nSPS) is 13.8. The predicted molar refractivity (Wildman–Crippen MR) is 105 cm³/mol. The Morgan fingerprint density at radius 3 is 2.32 bits per heavy atom. The Morgan fingerprint density at radius 2 is 1.74 bits per heavy atom. The van der Waals surface area contributed by atoms with Gasteiger partial charge in [-0.25, -0.2) is 0 Å². The number of carbonyl (C=O) groups excluding carboxylic acids is 1. The molecule has 3 aromatic rings. The number of piperazine rings is 1. The van der Waals surface area contributed by atoms with Gasteiger partial charge in [0.15, 0.2) is 5.95 Å². The zero-order chi connectivity index (χ0) is 22.0. The highest BCUT2D eigenvalue weighted by Gasteiger charge is 2.33. The highest BCUT2D eigenvalue weighted by atomic mass is 16.6. The van der Waals surface area contributed by atoms with Gasteiger partial charge in [0.1, 0.15) is 5.75 Å². The monoisotopic (exact) mass is 425 g/mol. The summed E-state index contributed by atoms with van der Waals surface area (Å²) in [4.78, 5) is 27.0. The van der Waals surface area contributed by atoms with E-state index in [1.54, 1.807) is 48.4 Å². The summed E-state index contributed by atoms with van der Waals surface area (Å²) in [6.45, 7) is 1.79. The second-order valence-electron chi connectivity index (χ2n) is 6.87. The minimum Gasteiger partial charge on any atom is -0.538 e. The molecule has 0 aliphatic carbocycles. The summed E-state index contributed by atoms with van der Waals surface area (Å²) in [7, 11) is 1.54. The number of anilines is 1. The lowest BCUT2D eigenvalue weighted by molar-refractivity contribution is -0.672. The highest BCUT2D eigenvalue weighted by Crippen LogP contribution is 2.22. The van der Waals surface area contributed by atoms with Crippen LogP contribution in [0.1, 0.15) is 10.5 Å². The van der Waals surface area contributed by atoms with E-state index in [4.69, 9.17) is 9.26 Å². The predicted octanol–water partition coefficient (Wildman–Crippen LogP) is 0.904. The maximum atomic E-state index is 13.0. The number of carbonyl (C=O) groups is 1. The molecule has 0 radical (unpaired) electrons. The van der Waals surface area contributed by atoms with Crippen LogP contribution in [0.25, 0.3) is 5.69 Å². The molecule has 1 saturated heterocycles. The number of rotatable bonds is 5. The fourth-order valence-electron chi connectivity index (χ4n) is 3.43. The van der Waals surface area contributed by atoms with Crippen LogP contribution >= 0.6 is 0 Å². The molecule has 11 heteroatoms. The van der Waals surface area contributed by atoms with Crippen molar-refractivity contribution in [3.05, 3.63) is 64.3 Å². The van der Waals surface area contributed by atoms with Gasteiger partial charge in [0, 0.05) is 56.1 Å². The summed E-state index contributed by atoms with van der Waals surface area (Å²) in [5, 5.41) is 26.7. The smallest absolute Gasteiger partial charge is 0.327 e. The fourth-order valence-corrected chi connectivity index (χ4v) is 3.43. The number of nitro benzene ring substituents is 1. The zero-order valence-corrected chi connectivity index (χ0v) is 16.6. The molecule has 1 aliphatic heterocycles. The summed E-state index contributed by atoms with van der Waals surface area (Å²) >= 11 is 0. The molecule has 0 spiro atoms. The lowest BCUT2D eigenvalue weighted by Crippen LogP contribution is -2.51. The Labute approximate surface area is 176 Å². The highest BCUT2D eigenvalue weighted by molar-refractivity contribution is 5.92. The first-order chi connectivity index (χ1) is 15.0. The molecule has 1 aliphatic rings. The van der Waals surface area contributed by atoms with Crippen LogP contribution in [0.15, 0.2) is 53.1 Å². The average Bonchev–Trinajstić information content (AvgIpc) is 3.20. The molecule has 2 aromatic carbocycles. The zero-order valence-electron chi connectivity index (χ0n) is 16.6. The van der Waals surface area contributed by atoms with Crippen molar-refractivity contribution in [1.82, 2.24) is 10.2 Å². The molecule has 0 N–H and O–H groups in total. The first-order valence-electron chi connectivity index (χ1n) is 9.50. The number of aromatic nitrogens is 2. The van der Waals surface area contributed by atoms with E-state index in [0.29, 0.717) is 37.6 Å². The van der Waals surface area contributed by atoms with E-state index < -0.39 is 16.8 Å². The van der Waals surface area contributed by atoms with Crippen molar-refractivity contribution >= 4 is 17.3 Å². The number of hydrogen-bond donors (Lipinski definition) is 0. The van der Waals surface area contributed by atoms with Gasteiger partial charge in [0.05, 0.1) is 17.3 Å². The molecule has 11 nitrogen and oxygen atoms in total. The lowest BCUT2D eigenvalue weighted by Gasteiger charge is -2.35. The van der Waals surface area contributed by atoms with Crippen molar-refractivity contribution in [2.45, 2.75) is 0 Å². The number of methoxy groups -OCH3 is 1. The minimum atomic E-state index is -0.807. The van der Waals surface area contributed by atoms with Gasteiger partial charge < -0.3 is 24.2 Å². The van der Waals surface area contributed by atoms with Crippen molar-refractivity contribution < 1.29 is 28.8 Å². The van der Waals surface area contributed by atoms with E-state index in [1.165, 1.54) is 16.8 Å². The molecule has 0 unspecified atom stereocenters. The van der Waals surface area contributed by atoms with E-state index >= 15 is 0 Å². The molecule has 1 fully saturated rings. The van der Waals surface area contributed by atoms with Crippen LogP contribution in [0.2, 0.25) is 0 Å². The van der Waals surface area contributed by atoms with Crippen molar-refractivity contribution in [3.63, 3.8) is 0 Å². The Morgan fingerprint density at radius 1 is 1.10 bits per heavy atom. The first kappa shape index (κ1) is 20.1. The molecule has 0 atom stereocenters. The Kier molecular flexibility index (Phi) is 5.39. The summed E-state index contributed by atoms with van der Waals surface area (Å²) in [5.41, 5.74) is 1.19. The van der Waals surface area contributed by atoms with Crippen LogP contribution in [0, 0.1) is 10.1 Å². The molecule has 1 amide bonds. The molecular weight excluding hydrogens is 406 g/mol. The second-order valence-corrected chi connectivity index (χ2v) is 6.87. The SMILES string of the molecule is COc1ccc(-[n+]2noc([O-])c2C(=O)N2CCN(c3ccc([N+](=O)[O-])cc3)CC2)cc1. The number of nitro groups is 1. The van der Waals surface area contributed by atoms with Gasteiger partial charge in [-0.1, -0.05) is 0 Å². The molecular formula is C20H19N5O6. The summed E-state index contributed by atoms with van der Waals surface area (Å²) in [6, 6.07) is 13.0. The maximum absolute atomic E-state index is 13.0. The quantitative estimate of drug-likeness (QED) is 0.335. The number of nitrogens with zero attached hydrogens (tertiary/aromatic N) is 5. The number of non-ortho nitro benzene ring substituents is 1. The number of amides is 1. The average molecular weight is 425 g/mol. The van der Waals surface area contributed by atoms with Crippen molar-refractivity contribution in [1.29, 1.82) is 0 Å². The molecule has 4 rings (SSSR count). The van der Waals surface area contributed by atoms with E-state index in [9.17, 15) is 20.0 Å². The number of ether oxygens (including phenoxy) is 1. The molecule has 1 aromatic heterocycles. The van der Waals surface area contributed by atoms with Gasteiger partial charge in [-0.2, -0.15) is 0 Å². The van der Waals surface area contributed by atoms with Crippen LogP contribution in [-0.4, -0.2) is 54.3 Å². The van der Waals surface area contributed by atoms with E-state index in [1.807, 2.05) is 4.90 Å². The van der Waals surface area contributed by atoms with Crippen LogP contribution in [0.3, 0.4) is 0 Å². The Hall–Kier alpha value is -4.15. The van der Waals surface area contributed by atoms with Crippen LogP contribution in [-0.2, 0) is 0 Å². The topological polar surface area (TPSA) is 129 Å². The van der Waals surface area contributed by atoms with Gasteiger partial charge >= 0.3 is 11.6 Å². The molecule has 0 saturated carbocycles. The van der Waals surface area contributed by atoms with Crippen LogP contribution in [0.4, 0.5) is 11.4 Å². The van der Waals surface area contributed by atoms with E-state index in [-0.39, 0.29) is 11.4 Å². The summed E-state index contributed by atoms with van der Waals surface area (Å²) in [6.07, 6.45) is 0. The van der Waals surface area contributed by atoms with Crippen LogP contribution < -0.4 is 19.4 Å². The van der Waals surface area contributed by atoms with Crippen LogP contribution in [0.5, 0.6) is 11.7 Å². The third kappa shape index (κ3) is 3.97. The van der Waals surface area contributed by atoms with Crippen molar-refractivity contribution in [3.8, 4) is 17.4 Å². The largest absolute Gasteiger partial charge is 0.538 e. The minimum absolute atomic E-state index is 0.0242. The van der Waals surface area contributed by atoms with E-state index in [0.717, 1.165) is 5.69 Å². The Bertz CT molecular complexity index is 1090. The van der Waals surface area contributed by atoms with Gasteiger partial charge in [0.2, 0.25) is 5.69 Å². The first-order valence-corrected chi connectivity index (χ1v) is 9.50. The molecule has 31 heavy (non-hydrogen) atoms. The molecule has 0 bridgehead atoms. The number of benzene rings is 2. The lowest BCUT2D eigenvalue weighted by atomic mass is 10.2. The third-order valence-electron chi connectivity index (χ3n) is 5.12. The van der Waals surface area contributed by atoms with Gasteiger partial charge in [-0.15, -0.1) is 0 Å². The maximum Gasteiger partial charge on any atom is 0.327 e. The van der Waals surface area contributed by atoms with Crippen molar-refractivity contribution in [2.75, 3.05) is 38.2 Å². The van der Waals surface area contributed by atoms with E-state index in [2.05, 4.69) is 5.27 Å². The van der Waals surface area contributed by atoms with Gasteiger partial charge in [0.25, 0.3) is 5.69 Å². The molecule has 2 heterocycles. The standard InChI is InChI=1S/C20H19N5O6/c1-30-17-8-6-15(7-9-17)24-18(20(27)31-21-24)19(26)23-12-10-22(11-13-23)14-2-4-16(5-3-14)25(28)29/h2-9H,10-13H2,1H3. The second kappa shape index (κ2) is 8.30. The Balaban J connectivity index is 1.47. The van der Waals surface area contributed by atoms with Gasteiger partial charge in [-0.3, -0.25) is 14.9 Å². The fraction of sp³-hybridized carbons (Fsp3) is 0.250. The number of hydrogen-bond acceptors (Lipinski definition) is 8. The third-order valence-corrected chi connectivity index (χ3v) is 5.12.